The highest BCUT2D eigenvalue weighted by atomic mass is 16.7. The number of allylic oxidation sites excluding steroid dienone is 1. The van der Waals surface area contributed by atoms with E-state index in [-0.39, 0.29) is 31.0 Å². The van der Waals surface area contributed by atoms with Crippen molar-refractivity contribution in [3.8, 4) is 0 Å². The number of ketones is 1. The molecule has 3 saturated carbocycles. The summed E-state index contributed by atoms with van der Waals surface area (Å²) in [5.74, 6) is -1.78. The first-order valence-corrected chi connectivity index (χ1v) is 17.4. The van der Waals surface area contributed by atoms with Gasteiger partial charge in [0, 0.05) is 11.3 Å². The van der Waals surface area contributed by atoms with Crippen molar-refractivity contribution >= 4 is 5.78 Å². The molecule has 0 amide bonds. The van der Waals surface area contributed by atoms with Crippen molar-refractivity contribution in [2.24, 2.45) is 34.5 Å². The Morgan fingerprint density at radius 3 is 2.28 bits per heavy atom. The number of rotatable bonds is 9. The molecule has 1 saturated heterocycles. The number of aliphatic hydroxyl groups excluding tert-OH is 7. The highest BCUT2D eigenvalue weighted by Gasteiger charge is 2.69. The van der Waals surface area contributed by atoms with Crippen molar-refractivity contribution in [3.05, 3.63) is 11.6 Å². The Kier molecular flexibility index (Phi) is 10.0. The number of hydrogen-bond acceptors (Lipinski definition) is 12. The molecular formula is C35H58O12. The van der Waals surface area contributed by atoms with Gasteiger partial charge in [-0.15, -0.1) is 0 Å². The average molecular weight is 671 g/mol. The summed E-state index contributed by atoms with van der Waals surface area (Å²) in [5, 5.41) is 98.1. The zero-order valence-corrected chi connectivity index (χ0v) is 28.6. The summed E-state index contributed by atoms with van der Waals surface area (Å²) in [6.07, 6.45) is -5.73. The second-order valence-corrected chi connectivity index (χ2v) is 16.7. The molecule has 0 bridgehead atoms. The molecule has 12 heteroatoms. The Balaban J connectivity index is 1.35. The van der Waals surface area contributed by atoms with Crippen LogP contribution in [0.5, 0.6) is 0 Å². The van der Waals surface area contributed by atoms with Crippen LogP contribution in [0, 0.1) is 34.5 Å². The zero-order valence-electron chi connectivity index (χ0n) is 28.6. The molecule has 0 aromatic rings. The maximum Gasteiger partial charge on any atom is 0.187 e. The van der Waals surface area contributed by atoms with Gasteiger partial charge in [-0.3, -0.25) is 4.79 Å². The first-order chi connectivity index (χ1) is 21.7. The van der Waals surface area contributed by atoms with Crippen LogP contribution in [0.15, 0.2) is 11.6 Å². The predicted octanol–water partition coefficient (Wildman–Crippen LogP) is 0.314. The molecule has 270 valence electrons. The summed E-state index contributed by atoms with van der Waals surface area (Å²) in [5.41, 5.74) is -4.92. The van der Waals surface area contributed by atoms with Crippen LogP contribution < -0.4 is 0 Å². The third-order valence-electron chi connectivity index (χ3n) is 13.4. The largest absolute Gasteiger partial charge is 0.394 e. The van der Waals surface area contributed by atoms with Crippen molar-refractivity contribution < 1.29 is 60.2 Å². The predicted molar refractivity (Wildman–Crippen MR) is 168 cm³/mol. The van der Waals surface area contributed by atoms with Crippen LogP contribution >= 0.6 is 0 Å². The number of ether oxygens (including phenoxy) is 2. The Morgan fingerprint density at radius 2 is 1.66 bits per heavy atom. The lowest BCUT2D eigenvalue weighted by Crippen LogP contribution is -2.63. The van der Waals surface area contributed by atoms with E-state index in [4.69, 9.17) is 9.47 Å². The van der Waals surface area contributed by atoms with Gasteiger partial charge in [0.1, 0.15) is 24.4 Å². The summed E-state index contributed by atoms with van der Waals surface area (Å²) < 4.78 is 11.6. The van der Waals surface area contributed by atoms with Gasteiger partial charge in [0.2, 0.25) is 0 Å². The second-order valence-electron chi connectivity index (χ2n) is 16.7. The SMILES string of the molecule is CCC(CC(C)(C)O[C@@H]1O[C@H](CO)[C@@H](O)[C@H](O)[C@H]1O)[C@@H](O)[C@](C)(O)[C@H]1CC[C@@]2(O)C3=CC(=O)[C@@H]4C[C@@H](O)[C@@H](O)C[C@]4(C)[C@H]3CC[C@]12C. The van der Waals surface area contributed by atoms with E-state index in [0.29, 0.717) is 37.7 Å². The minimum Gasteiger partial charge on any atom is -0.394 e. The van der Waals surface area contributed by atoms with Crippen molar-refractivity contribution in [1.29, 1.82) is 0 Å². The van der Waals surface area contributed by atoms with Gasteiger partial charge in [-0.1, -0.05) is 27.2 Å². The van der Waals surface area contributed by atoms with Crippen LogP contribution in [-0.2, 0) is 14.3 Å². The molecule has 1 heterocycles. The van der Waals surface area contributed by atoms with Gasteiger partial charge in [-0.25, -0.2) is 0 Å². The van der Waals surface area contributed by atoms with E-state index in [0.717, 1.165) is 0 Å². The van der Waals surface area contributed by atoms with Gasteiger partial charge in [-0.2, -0.15) is 0 Å². The van der Waals surface area contributed by atoms with Crippen LogP contribution in [0.3, 0.4) is 0 Å². The molecule has 47 heavy (non-hydrogen) atoms. The lowest BCUT2D eigenvalue weighted by atomic mass is 9.45. The highest BCUT2D eigenvalue weighted by molar-refractivity contribution is 5.95. The summed E-state index contributed by atoms with van der Waals surface area (Å²) in [7, 11) is 0. The molecular weight excluding hydrogens is 612 g/mol. The summed E-state index contributed by atoms with van der Waals surface area (Å²) >= 11 is 0. The molecule has 1 aliphatic heterocycles. The number of fused-ring (bicyclic) bond motifs is 5. The fourth-order valence-electron chi connectivity index (χ4n) is 10.6. The first kappa shape index (κ1) is 37.2. The Bertz CT molecular complexity index is 1200. The smallest absolute Gasteiger partial charge is 0.187 e. The standard InChI is InChI=1S/C35H58O12/c1-7-17(14-31(2,3)47-30-28(42)27(41)26(40)24(16-36)46-30)29(43)34(6,44)25-9-11-35(45)19-12-21(37)20-13-22(38)23(39)15-32(20,4)18(19)8-10-33(25,35)5/h12,17-18,20,22-30,36,38-45H,7-11,13-16H2,1-6H3/t17?,18-,20-,22+,23-,24+,25-,26+,27-,28+,29+,30-,32+,33+,34+,35+/m0/s1. The number of aliphatic hydroxyl groups is 9. The molecule has 4 aliphatic carbocycles. The summed E-state index contributed by atoms with van der Waals surface area (Å²) in [6.45, 7) is 10.3. The lowest BCUT2D eigenvalue weighted by molar-refractivity contribution is -0.325. The number of hydrogen-bond donors (Lipinski definition) is 9. The monoisotopic (exact) mass is 670 g/mol. The van der Waals surface area contributed by atoms with Gasteiger partial charge in [0.15, 0.2) is 12.1 Å². The molecule has 0 radical (unpaired) electrons. The first-order valence-electron chi connectivity index (χ1n) is 17.4. The molecule has 5 rings (SSSR count). The average Bonchev–Trinajstić information content (AvgIpc) is 3.29. The van der Waals surface area contributed by atoms with E-state index < -0.39 is 101 Å². The maximum atomic E-state index is 13.5. The normalized spacial score (nSPS) is 48.1. The number of carbonyl (C=O) groups excluding carboxylic acids is 1. The zero-order chi connectivity index (χ0) is 35.1. The van der Waals surface area contributed by atoms with Crippen LogP contribution in [0.25, 0.3) is 0 Å². The molecule has 0 aromatic heterocycles. The summed E-state index contributed by atoms with van der Waals surface area (Å²) in [6, 6.07) is 0. The Morgan fingerprint density at radius 1 is 1.00 bits per heavy atom. The van der Waals surface area contributed by atoms with Crippen LogP contribution in [0.1, 0.15) is 92.9 Å². The van der Waals surface area contributed by atoms with Gasteiger partial charge < -0.3 is 55.4 Å². The quantitative estimate of drug-likeness (QED) is 0.162. The van der Waals surface area contributed by atoms with Crippen molar-refractivity contribution in [2.75, 3.05) is 6.61 Å². The van der Waals surface area contributed by atoms with E-state index in [1.165, 1.54) is 0 Å². The van der Waals surface area contributed by atoms with Crippen LogP contribution in [-0.4, -0.2) is 124 Å². The molecule has 9 N–H and O–H groups in total. The third-order valence-corrected chi connectivity index (χ3v) is 13.4. The lowest BCUT2D eigenvalue weighted by Gasteiger charge is -2.61. The van der Waals surface area contributed by atoms with Gasteiger partial charge in [-0.05, 0) is 101 Å². The van der Waals surface area contributed by atoms with Crippen molar-refractivity contribution in [2.45, 2.75) is 159 Å². The van der Waals surface area contributed by atoms with Gasteiger partial charge in [0.05, 0.1) is 41.7 Å². The summed E-state index contributed by atoms with van der Waals surface area (Å²) in [4.78, 5) is 13.5. The molecule has 12 nitrogen and oxygen atoms in total. The molecule has 16 atom stereocenters. The van der Waals surface area contributed by atoms with E-state index in [1.54, 1.807) is 26.8 Å². The van der Waals surface area contributed by atoms with E-state index in [2.05, 4.69) is 0 Å². The van der Waals surface area contributed by atoms with Crippen molar-refractivity contribution in [3.63, 3.8) is 0 Å². The minimum atomic E-state index is -1.65. The van der Waals surface area contributed by atoms with Crippen molar-refractivity contribution in [1.82, 2.24) is 0 Å². The Hall–Kier alpha value is -1.03. The van der Waals surface area contributed by atoms with E-state index in [1.807, 2.05) is 20.8 Å². The highest BCUT2D eigenvalue weighted by Crippen LogP contribution is 2.68. The topological polar surface area (TPSA) is 218 Å². The number of carbonyl (C=O) groups is 1. The molecule has 0 spiro atoms. The van der Waals surface area contributed by atoms with Crippen LogP contribution in [0.2, 0.25) is 0 Å². The fourth-order valence-corrected chi connectivity index (χ4v) is 10.6. The molecule has 4 fully saturated rings. The van der Waals surface area contributed by atoms with E-state index in [9.17, 15) is 50.8 Å². The second kappa shape index (κ2) is 12.6. The Labute approximate surface area is 277 Å². The molecule has 5 aliphatic rings. The van der Waals surface area contributed by atoms with Crippen LogP contribution in [0.4, 0.5) is 0 Å². The minimum absolute atomic E-state index is 0.148. The van der Waals surface area contributed by atoms with Gasteiger partial charge >= 0.3 is 0 Å². The third kappa shape index (κ3) is 5.87. The maximum absolute atomic E-state index is 13.5. The fraction of sp³-hybridized carbons (Fsp3) is 0.914. The van der Waals surface area contributed by atoms with E-state index >= 15 is 0 Å². The molecule has 1 unspecified atom stereocenters. The molecule has 0 aromatic carbocycles. The van der Waals surface area contributed by atoms with Gasteiger partial charge in [0.25, 0.3) is 0 Å².